The highest BCUT2D eigenvalue weighted by molar-refractivity contribution is 5.76. The number of para-hydroxylation sites is 2. The molecule has 3 rings (SSSR count). The van der Waals surface area contributed by atoms with Gasteiger partial charge in [-0.25, -0.2) is 9.97 Å². The molecule has 1 aromatic heterocycles. The molecule has 0 aliphatic heterocycles. The maximum absolute atomic E-state index is 4.70. The average Bonchev–Trinajstić information content (AvgIpc) is 2.45. The first-order valence-corrected chi connectivity index (χ1v) is 7.69. The Bertz CT molecular complexity index is 594. The van der Waals surface area contributed by atoms with Crippen LogP contribution in [0.5, 0.6) is 0 Å². The van der Waals surface area contributed by atoms with Gasteiger partial charge in [-0.05, 0) is 43.7 Å². The second-order valence-corrected chi connectivity index (χ2v) is 6.17. The molecular weight excluding hydrogens is 246 g/mol. The number of hydrogen-bond acceptors (Lipinski definition) is 3. The number of fused-ring (bicyclic) bond motifs is 1. The molecule has 1 aliphatic rings. The molecule has 0 bridgehead atoms. The first kappa shape index (κ1) is 13.3. The highest BCUT2D eigenvalue weighted by Crippen LogP contribution is 2.28. The third kappa shape index (κ3) is 2.92. The molecule has 106 valence electrons. The minimum absolute atomic E-state index is 0.784. The zero-order valence-electron chi connectivity index (χ0n) is 12.4. The Morgan fingerprint density at radius 3 is 2.65 bits per heavy atom. The van der Waals surface area contributed by atoms with E-state index in [1.54, 1.807) is 0 Å². The predicted octanol–water partition coefficient (Wildman–Crippen LogP) is 4.18. The van der Waals surface area contributed by atoms with Crippen LogP contribution in [0, 0.1) is 18.8 Å². The molecule has 0 amide bonds. The van der Waals surface area contributed by atoms with Crippen LogP contribution in [0.15, 0.2) is 24.3 Å². The number of aryl methyl sites for hydroxylation is 1. The normalized spacial score (nSPS) is 22.9. The van der Waals surface area contributed by atoms with Crippen molar-refractivity contribution in [1.29, 1.82) is 0 Å². The van der Waals surface area contributed by atoms with E-state index in [1.807, 2.05) is 31.2 Å². The molecule has 1 saturated carbocycles. The molecule has 2 unspecified atom stereocenters. The fourth-order valence-electron chi connectivity index (χ4n) is 3.24. The molecule has 1 heterocycles. The topological polar surface area (TPSA) is 37.8 Å². The number of hydrogen-bond donors (Lipinski definition) is 1. The lowest BCUT2D eigenvalue weighted by molar-refractivity contribution is 0.293. The van der Waals surface area contributed by atoms with Gasteiger partial charge in [0, 0.05) is 6.54 Å². The van der Waals surface area contributed by atoms with E-state index < -0.39 is 0 Å². The van der Waals surface area contributed by atoms with Gasteiger partial charge in [-0.2, -0.15) is 0 Å². The molecule has 1 N–H and O–H groups in total. The summed E-state index contributed by atoms with van der Waals surface area (Å²) in [6.07, 6.45) is 5.45. The zero-order valence-corrected chi connectivity index (χ0v) is 12.4. The number of nitrogens with one attached hydrogen (secondary N) is 1. The van der Waals surface area contributed by atoms with Crippen molar-refractivity contribution >= 4 is 16.9 Å². The Morgan fingerprint density at radius 2 is 1.90 bits per heavy atom. The molecule has 0 spiro atoms. The van der Waals surface area contributed by atoms with Crippen molar-refractivity contribution in [3.8, 4) is 0 Å². The summed E-state index contributed by atoms with van der Waals surface area (Å²) in [6.45, 7) is 5.43. The molecule has 1 fully saturated rings. The zero-order chi connectivity index (χ0) is 13.9. The van der Waals surface area contributed by atoms with Gasteiger partial charge in [-0.1, -0.05) is 31.9 Å². The van der Waals surface area contributed by atoms with Crippen LogP contribution in [0.25, 0.3) is 11.0 Å². The molecule has 1 aliphatic carbocycles. The van der Waals surface area contributed by atoms with Crippen LogP contribution in [0.2, 0.25) is 0 Å². The predicted molar refractivity (Wildman–Crippen MR) is 83.9 cm³/mol. The first-order chi connectivity index (χ1) is 9.72. The van der Waals surface area contributed by atoms with E-state index in [4.69, 9.17) is 4.98 Å². The minimum Gasteiger partial charge on any atom is -0.368 e. The Morgan fingerprint density at radius 1 is 1.15 bits per heavy atom. The second-order valence-electron chi connectivity index (χ2n) is 6.17. The number of anilines is 1. The van der Waals surface area contributed by atoms with Gasteiger partial charge in [-0.15, -0.1) is 0 Å². The van der Waals surface area contributed by atoms with Gasteiger partial charge in [0.25, 0.3) is 0 Å². The van der Waals surface area contributed by atoms with E-state index in [9.17, 15) is 0 Å². The summed E-state index contributed by atoms with van der Waals surface area (Å²) in [5.74, 6) is 2.60. The van der Waals surface area contributed by atoms with Gasteiger partial charge < -0.3 is 5.32 Å². The first-order valence-electron chi connectivity index (χ1n) is 7.69. The van der Waals surface area contributed by atoms with Crippen molar-refractivity contribution in [2.75, 3.05) is 11.9 Å². The molecule has 20 heavy (non-hydrogen) atoms. The van der Waals surface area contributed by atoms with Gasteiger partial charge in [0.2, 0.25) is 0 Å². The Balaban J connectivity index is 1.72. The van der Waals surface area contributed by atoms with Gasteiger partial charge in [0.1, 0.15) is 5.82 Å². The highest BCUT2D eigenvalue weighted by Gasteiger charge is 2.19. The standard InChI is InChI=1S/C17H23N3/c1-12-6-5-7-14(10-12)11-18-17-13(2)19-15-8-3-4-9-16(15)20-17/h3-4,8-9,12,14H,5-7,10-11H2,1-2H3,(H,18,20). The van der Waals surface area contributed by atoms with Gasteiger partial charge in [0.05, 0.1) is 16.7 Å². The van der Waals surface area contributed by atoms with Crippen LogP contribution < -0.4 is 5.32 Å². The van der Waals surface area contributed by atoms with Crippen LogP contribution in [0.4, 0.5) is 5.82 Å². The highest BCUT2D eigenvalue weighted by atomic mass is 15.0. The number of benzene rings is 1. The maximum Gasteiger partial charge on any atom is 0.148 e. The number of aromatic nitrogens is 2. The lowest BCUT2D eigenvalue weighted by Gasteiger charge is -2.27. The molecule has 2 atom stereocenters. The van der Waals surface area contributed by atoms with E-state index in [-0.39, 0.29) is 0 Å². The van der Waals surface area contributed by atoms with Gasteiger partial charge in [-0.3, -0.25) is 0 Å². The van der Waals surface area contributed by atoms with E-state index in [1.165, 1.54) is 25.7 Å². The fourth-order valence-corrected chi connectivity index (χ4v) is 3.24. The molecule has 3 nitrogen and oxygen atoms in total. The summed E-state index contributed by atoms with van der Waals surface area (Å²) in [5.41, 5.74) is 2.94. The molecule has 0 saturated heterocycles. The summed E-state index contributed by atoms with van der Waals surface area (Å²) >= 11 is 0. The summed E-state index contributed by atoms with van der Waals surface area (Å²) in [7, 11) is 0. The lowest BCUT2D eigenvalue weighted by Crippen LogP contribution is -2.21. The van der Waals surface area contributed by atoms with Crippen molar-refractivity contribution < 1.29 is 0 Å². The molecule has 1 aromatic carbocycles. The number of rotatable bonds is 3. The van der Waals surface area contributed by atoms with E-state index in [2.05, 4.69) is 17.2 Å². The lowest BCUT2D eigenvalue weighted by atomic mass is 9.82. The number of nitrogens with zero attached hydrogens (tertiary/aromatic N) is 2. The van der Waals surface area contributed by atoms with Crippen LogP contribution in [-0.4, -0.2) is 16.5 Å². The molecular formula is C17H23N3. The monoisotopic (exact) mass is 269 g/mol. The van der Waals surface area contributed by atoms with Crippen LogP contribution in [0.1, 0.15) is 38.3 Å². The summed E-state index contributed by atoms with van der Waals surface area (Å²) in [6, 6.07) is 8.06. The smallest absolute Gasteiger partial charge is 0.148 e. The maximum atomic E-state index is 4.70. The minimum atomic E-state index is 0.784. The van der Waals surface area contributed by atoms with Crippen LogP contribution in [-0.2, 0) is 0 Å². The molecule has 3 heteroatoms. The van der Waals surface area contributed by atoms with Crippen molar-refractivity contribution in [1.82, 2.24) is 9.97 Å². The van der Waals surface area contributed by atoms with Crippen molar-refractivity contribution in [3.05, 3.63) is 30.0 Å². The third-order valence-electron chi connectivity index (χ3n) is 4.35. The summed E-state index contributed by atoms with van der Waals surface area (Å²) in [4.78, 5) is 9.33. The average molecular weight is 269 g/mol. The molecule has 2 aromatic rings. The van der Waals surface area contributed by atoms with E-state index >= 15 is 0 Å². The molecule has 0 radical (unpaired) electrons. The summed E-state index contributed by atoms with van der Waals surface area (Å²) in [5, 5.41) is 3.52. The Labute approximate surface area is 120 Å². The third-order valence-corrected chi connectivity index (χ3v) is 4.35. The van der Waals surface area contributed by atoms with Crippen molar-refractivity contribution in [2.45, 2.75) is 39.5 Å². The second kappa shape index (κ2) is 5.78. The fraction of sp³-hybridized carbons (Fsp3) is 0.529. The van der Waals surface area contributed by atoms with Gasteiger partial charge in [0.15, 0.2) is 0 Å². The SMILES string of the molecule is Cc1nc2ccccc2nc1NCC1CCCC(C)C1. The van der Waals surface area contributed by atoms with Crippen molar-refractivity contribution in [2.24, 2.45) is 11.8 Å². The Hall–Kier alpha value is -1.64. The quantitative estimate of drug-likeness (QED) is 0.908. The van der Waals surface area contributed by atoms with Crippen LogP contribution in [0.3, 0.4) is 0 Å². The summed E-state index contributed by atoms with van der Waals surface area (Å²) < 4.78 is 0. The van der Waals surface area contributed by atoms with Gasteiger partial charge >= 0.3 is 0 Å². The Kier molecular flexibility index (Phi) is 3.86. The largest absolute Gasteiger partial charge is 0.368 e. The van der Waals surface area contributed by atoms with Crippen LogP contribution >= 0.6 is 0 Å². The van der Waals surface area contributed by atoms with E-state index in [0.717, 1.165) is 40.9 Å². The van der Waals surface area contributed by atoms with Crippen molar-refractivity contribution in [3.63, 3.8) is 0 Å². The van der Waals surface area contributed by atoms with E-state index in [0.29, 0.717) is 0 Å².